The number of rotatable bonds is 7. The third-order valence-electron chi connectivity index (χ3n) is 4.53. The fourth-order valence-electron chi connectivity index (χ4n) is 2.90. The van der Waals surface area contributed by atoms with Crippen LogP contribution >= 0.6 is 11.8 Å². The SMILES string of the molecule is C=CCc1ccc(C=C)c(C)c1S/C(C)=C(/C#N)C(=C)c1ccc(C)cc1. The molecule has 136 valence electrons. The molecule has 2 rings (SSSR count). The Labute approximate surface area is 167 Å². The maximum absolute atomic E-state index is 9.79. The van der Waals surface area contributed by atoms with E-state index < -0.39 is 0 Å². The average Bonchev–Trinajstić information content (AvgIpc) is 2.66. The van der Waals surface area contributed by atoms with Crippen LogP contribution in [0.1, 0.15) is 34.7 Å². The van der Waals surface area contributed by atoms with E-state index in [2.05, 4.69) is 44.9 Å². The minimum atomic E-state index is 0.622. The molecule has 0 heterocycles. The number of benzene rings is 2. The van der Waals surface area contributed by atoms with Gasteiger partial charge in [0.15, 0.2) is 0 Å². The number of aryl methyl sites for hydroxylation is 1. The van der Waals surface area contributed by atoms with Crippen molar-refractivity contribution in [1.29, 1.82) is 5.26 Å². The third-order valence-corrected chi connectivity index (χ3v) is 5.82. The number of allylic oxidation sites excluding steroid dienone is 4. The van der Waals surface area contributed by atoms with Gasteiger partial charge in [0.2, 0.25) is 0 Å². The first-order valence-electron chi connectivity index (χ1n) is 8.83. The van der Waals surface area contributed by atoms with Crippen molar-refractivity contribution in [3.8, 4) is 6.07 Å². The van der Waals surface area contributed by atoms with Crippen LogP contribution in [-0.4, -0.2) is 0 Å². The molecule has 0 aliphatic rings. The summed E-state index contributed by atoms with van der Waals surface area (Å²) < 4.78 is 0. The average molecular weight is 372 g/mol. The lowest BCUT2D eigenvalue weighted by Crippen LogP contribution is -1.95. The van der Waals surface area contributed by atoms with Gasteiger partial charge >= 0.3 is 0 Å². The molecule has 0 radical (unpaired) electrons. The molecule has 0 aliphatic carbocycles. The first kappa shape index (κ1) is 20.6. The maximum Gasteiger partial charge on any atom is 0.101 e. The van der Waals surface area contributed by atoms with E-state index in [-0.39, 0.29) is 0 Å². The summed E-state index contributed by atoms with van der Waals surface area (Å²) in [6, 6.07) is 14.7. The Balaban J connectivity index is 2.49. The van der Waals surface area contributed by atoms with E-state index in [9.17, 15) is 5.26 Å². The number of hydrogen-bond donors (Lipinski definition) is 0. The molecule has 0 bridgehead atoms. The molecule has 1 nitrogen and oxygen atoms in total. The van der Waals surface area contributed by atoms with Gasteiger partial charge in [0.1, 0.15) is 6.07 Å². The predicted molar refractivity (Wildman–Crippen MR) is 120 cm³/mol. The van der Waals surface area contributed by atoms with E-state index in [1.807, 2.05) is 50.3 Å². The van der Waals surface area contributed by atoms with Crippen LogP contribution in [0.4, 0.5) is 0 Å². The van der Waals surface area contributed by atoms with Gasteiger partial charge in [0, 0.05) is 9.80 Å². The van der Waals surface area contributed by atoms with E-state index in [0.29, 0.717) is 5.57 Å². The standard InChI is InChI=1S/C25H25NS/c1-7-9-23-15-14-21(8-2)19(5)25(23)27-20(6)24(16-26)18(4)22-12-10-17(3)11-13-22/h7-8,10-15H,1-2,4,9H2,3,5-6H3/b24-20-. The summed E-state index contributed by atoms with van der Waals surface area (Å²) in [5.41, 5.74) is 7.02. The zero-order valence-electron chi connectivity index (χ0n) is 16.3. The van der Waals surface area contributed by atoms with Gasteiger partial charge in [0.05, 0.1) is 5.57 Å². The molecule has 0 aliphatic heterocycles. The van der Waals surface area contributed by atoms with Gasteiger partial charge in [-0.05, 0) is 55.0 Å². The van der Waals surface area contributed by atoms with E-state index in [1.165, 1.54) is 16.7 Å². The van der Waals surface area contributed by atoms with Crippen molar-refractivity contribution in [2.24, 2.45) is 0 Å². The Hall–Kier alpha value is -2.76. The summed E-state index contributed by atoms with van der Waals surface area (Å²) in [6.45, 7) is 18.1. The fourth-order valence-corrected chi connectivity index (χ4v) is 4.03. The highest BCUT2D eigenvalue weighted by Gasteiger charge is 2.14. The highest BCUT2D eigenvalue weighted by Crippen LogP contribution is 2.38. The van der Waals surface area contributed by atoms with Gasteiger partial charge in [0.25, 0.3) is 0 Å². The summed E-state index contributed by atoms with van der Waals surface area (Å²) in [4.78, 5) is 2.10. The van der Waals surface area contributed by atoms with Crippen molar-refractivity contribution in [2.45, 2.75) is 32.1 Å². The second-order valence-electron chi connectivity index (χ2n) is 6.45. The first-order chi connectivity index (χ1) is 12.9. The van der Waals surface area contributed by atoms with Gasteiger partial charge in [-0.1, -0.05) is 79.0 Å². The summed E-state index contributed by atoms with van der Waals surface area (Å²) in [5, 5.41) is 9.79. The number of nitrogens with zero attached hydrogens (tertiary/aromatic N) is 1. The zero-order valence-corrected chi connectivity index (χ0v) is 17.1. The minimum Gasteiger partial charge on any atom is -0.192 e. The molecule has 0 aromatic heterocycles. The quantitative estimate of drug-likeness (QED) is 0.221. The molecular formula is C25H25NS. The highest BCUT2D eigenvalue weighted by atomic mass is 32.2. The van der Waals surface area contributed by atoms with Crippen molar-refractivity contribution in [2.75, 3.05) is 0 Å². The fraction of sp³-hybridized carbons (Fsp3) is 0.160. The van der Waals surface area contributed by atoms with Crippen molar-refractivity contribution in [3.05, 3.63) is 101 Å². The second-order valence-corrected chi connectivity index (χ2v) is 7.68. The molecule has 0 saturated carbocycles. The van der Waals surface area contributed by atoms with E-state index >= 15 is 0 Å². The molecular weight excluding hydrogens is 346 g/mol. The van der Waals surface area contributed by atoms with Crippen LogP contribution in [0.25, 0.3) is 11.6 Å². The lowest BCUT2D eigenvalue weighted by atomic mass is 9.99. The number of thioether (sulfide) groups is 1. The zero-order chi connectivity index (χ0) is 20.0. The van der Waals surface area contributed by atoms with Gasteiger partial charge in [-0.25, -0.2) is 0 Å². The number of hydrogen-bond acceptors (Lipinski definition) is 2. The van der Waals surface area contributed by atoms with Gasteiger partial charge in [-0.3, -0.25) is 0 Å². The van der Waals surface area contributed by atoms with Crippen LogP contribution in [-0.2, 0) is 6.42 Å². The number of nitriles is 1. The minimum absolute atomic E-state index is 0.622. The molecule has 0 fully saturated rings. The highest BCUT2D eigenvalue weighted by molar-refractivity contribution is 8.03. The topological polar surface area (TPSA) is 23.8 Å². The van der Waals surface area contributed by atoms with Crippen LogP contribution in [0, 0.1) is 25.2 Å². The smallest absolute Gasteiger partial charge is 0.101 e. The van der Waals surface area contributed by atoms with Crippen LogP contribution < -0.4 is 0 Å². The second kappa shape index (κ2) is 9.26. The summed E-state index contributed by atoms with van der Waals surface area (Å²) in [5.74, 6) is 0. The van der Waals surface area contributed by atoms with Gasteiger partial charge < -0.3 is 0 Å². The van der Waals surface area contributed by atoms with Crippen LogP contribution in [0.2, 0.25) is 0 Å². The molecule has 2 heteroatoms. The maximum atomic E-state index is 9.79. The Morgan fingerprint density at radius 3 is 2.33 bits per heavy atom. The van der Waals surface area contributed by atoms with Crippen molar-refractivity contribution in [1.82, 2.24) is 0 Å². The molecule has 2 aromatic rings. The van der Waals surface area contributed by atoms with E-state index in [0.717, 1.165) is 32.9 Å². The Bertz CT molecular complexity index is 953. The Kier molecular flexibility index (Phi) is 7.05. The van der Waals surface area contributed by atoms with Crippen molar-refractivity contribution >= 4 is 23.4 Å². The summed E-state index contributed by atoms with van der Waals surface area (Å²) in [7, 11) is 0. The monoisotopic (exact) mass is 371 g/mol. The molecule has 0 N–H and O–H groups in total. The van der Waals surface area contributed by atoms with Crippen LogP contribution in [0.5, 0.6) is 0 Å². The summed E-state index contributed by atoms with van der Waals surface area (Å²) in [6.07, 6.45) is 4.56. The van der Waals surface area contributed by atoms with Gasteiger partial charge in [-0.2, -0.15) is 5.26 Å². The largest absolute Gasteiger partial charge is 0.192 e. The molecule has 0 saturated heterocycles. The molecule has 0 amide bonds. The first-order valence-corrected chi connectivity index (χ1v) is 9.65. The normalized spacial score (nSPS) is 11.3. The Morgan fingerprint density at radius 2 is 1.78 bits per heavy atom. The predicted octanol–water partition coefficient (Wildman–Crippen LogP) is 7.28. The lowest BCUT2D eigenvalue weighted by Gasteiger charge is -2.16. The van der Waals surface area contributed by atoms with Crippen LogP contribution in [0.3, 0.4) is 0 Å². The molecule has 27 heavy (non-hydrogen) atoms. The molecule has 0 unspecified atom stereocenters. The van der Waals surface area contributed by atoms with Crippen LogP contribution in [0.15, 0.2) is 77.6 Å². The molecule has 0 atom stereocenters. The molecule has 0 spiro atoms. The van der Waals surface area contributed by atoms with Crippen molar-refractivity contribution < 1.29 is 0 Å². The lowest BCUT2D eigenvalue weighted by molar-refractivity contribution is 1.13. The summed E-state index contributed by atoms with van der Waals surface area (Å²) >= 11 is 1.63. The Morgan fingerprint density at radius 1 is 1.11 bits per heavy atom. The van der Waals surface area contributed by atoms with E-state index in [4.69, 9.17) is 0 Å². The molecule has 2 aromatic carbocycles. The van der Waals surface area contributed by atoms with Gasteiger partial charge in [-0.15, -0.1) is 6.58 Å². The van der Waals surface area contributed by atoms with Crippen molar-refractivity contribution in [3.63, 3.8) is 0 Å². The van der Waals surface area contributed by atoms with E-state index in [1.54, 1.807) is 11.8 Å². The third kappa shape index (κ3) is 4.70.